The normalized spacial score (nSPS) is 10.9. The van der Waals surface area contributed by atoms with Gasteiger partial charge in [0.05, 0.1) is 12.3 Å². The van der Waals surface area contributed by atoms with Gasteiger partial charge in [-0.05, 0) is 55.8 Å². The van der Waals surface area contributed by atoms with Crippen molar-refractivity contribution in [3.05, 3.63) is 64.7 Å². The molecule has 0 aliphatic heterocycles. The lowest BCUT2D eigenvalue weighted by Gasteiger charge is -2.09. The van der Waals surface area contributed by atoms with Crippen LogP contribution in [-0.2, 0) is 0 Å². The molecule has 1 N–H and O–H groups in total. The second-order valence-corrected chi connectivity index (χ2v) is 5.38. The van der Waals surface area contributed by atoms with Crippen molar-refractivity contribution in [2.75, 3.05) is 0 Å². The molecule has 0 aliphatic rings. The highest BCUT2D eigenvalue weighted by atomic mass is 35.5. The highest BCUT2D eigenvalue weighted by Crippen LogP contribution is 2.13. The number of amides is 1. The third kappa shape index (κ3) is 4.90. The summed E-state index contributed by atoms with van der Waals surface area (Å²) in [7, 11) is 0. The molecule has 2 aromatic rings. The lowest BCUT2D eigenvalue weighted by atomic mass is 10.2. The van der Waals surface area contributed by atoms with Crippen LogP contribution < -0.4 is 10.2 Å². The molecular weight excluding hydrogens is 300 g/mol. The van der Waals surface area contributed by atoms with E-state index in [-0.39, 0.29) is 12.0 Å². The van der Waals surface area contributed by atoms with Crippen LogP contribution in [0.5, 0.6) is 5.75 Å². The maximum Gasteiger partial charge on any atom is 0.271 e. The molecule has 2 aromatic carbocycles. The van der Waals surface area contributed by atoms with Crippen molar-refractivity contribution in [3.63, 3.8) is 0 Å². The third-order valence-corrected chi connectivity index (χ3v) is 2.99. The summed E-state index contributed by atoms with van der Waals surface area (Å²) in [5.41, 5.74) is 3.85. The minimum absolute atomic E-state index is 0.101. The van der Waals surface area contributed by atoms with Gasteiger partial charge >= 0.3 is 0 Å². The molecule has 2 rings (SSSR count). The Morgan fingerprint density at radius 2 is 1.77 bits per heavy atom. The van der Waals surface area contributed by atoms with Gasteiger partial charge in [0.15, 0.2) is 0 Å². The van der Waals surface area contributed by atoms with E-state index in [0.29, 0.717) is 10.6 Å². The van der Waals surface area contributed by atoms with Crippen molar-refractivity contribution >= 4 is 23.7 Å². The Morgan fingerprint density at radius 3 is 2.36 bits per heavy atom. The fourth-order valence-electron chi connectivity index (χ4n) is 1.74. The largest absolute Gasteiger partial charge is 0.491 e. The molecule has 0 aromatic heterocycles. The molecule has 5 heteroatoms. The smallest absolute Gasteiger partial charge is 0.271 e. The van der Waals surface area contributed by atoms with Crippen LogP contribution in [0.25, 0.3) is 0 Å². The second kappa shape index (κ2) is 7.61. The Bertz CT molecular complexity index is 649. The monoisotopic (exact) mass is 316 g/mol. The lowest BCUT2D eigenvalue weighted by molar-refractivity contribution is 0.0955. The molecule has 0 saturated heterocycles. The number of halogens is 1. The minimum Gasteiger partial charge on any atom is -0.491 e. The summed E-state index contributed by atoms with van der Waals surface area (Å²) in [6.45, 7) is 3.90. The molecule has 0 heterocycles. The van der Waals surface area contributed by atoms with Gasteiger partial charge in [0.25, 0.3) is 5.91 Å². The van der Waals surface area contributed by atoms with Crippen molar-refractivity contribution in [2.45, 2.75) is 20.0 Å². The fourth-order valence-corrected chi connectivity index (χ4v) is 1.86. The molecule has 1 amide bonds. The summed E-state index contributed by atoms with van der Waals surface area (Å²) in [6, 6.07) is 14.1. The number of carbonyl (C=O) groups excluding carboxylic acids is 1. The first-order valence-electron chi connectivity index (χ1n) is 6.90. The molecule has 0 bridgehead atoms. The van der Waals surface area contributed by atoms with Crippen LogP contribution in [0, 0.1) is 0 Å². The highest BCUT2D eigenvalue weighted by molar-refractivity contribution is 6.30. The van der Waals surface area contributed by atoms with Crippen molar-refractivity contribution in [1.29, 1.82) is 0 Å². The summed E-state index contributed by atoms with van der Waals surface area (Å²) in [5.74, 6) is 0.456. The zero-order valence-electron chi connectivity index (χ0n) is 12.4. The summed E-state index contributed by atoms with van der Waals surface area (Å²) in [6.07, 6.45) is 1.66. The first-order valence-corrected chi connectivity index (χ1v) is 7.28. The number of hydrogen-bond acceptors (Lipinski definition) is 3. The van der Waals surface area contributed by atoms with Gasteiger partial charge in [0.2, 0.25) is 0 Å². The molecule has 0 atom stereocenters. The summed E-state index contributed by atoms with van der Waals surface area (Å²) in [4.78, 5) is 11.9. The topological polar surface area (TPSA) is 50.7 Å². The summed E-state index contributed by atoms with van der Waals surface area (Å²) < 4.78 is 5.53. The SMILES string of the molecule is CC(C)Oc1ccc(C(=O)N/N=C\c2ccc(Cl)cc2)cc1. The van der Waals surface area contributed by atoms with E-state index in [1.807, 2.05) is 26.0 Å². The maximum atomic E-state index is 11.9. The zero-order valence-corrected chi connectivity index (χ0v) is 13.2. The van der Waals surface area contributed by atoms with Gasteiger partial charge in [-0.1, -0.05) is 23.7 Å². The van der Waals surface area contributed by atoms with E-state index in [4.69, 9.17) is 16.3 Å². The van der Waals surface area contributed by atoms with Crippen molar-refractivity contribution in [2.24, 2.45) is 5.10 Å². The number of hydrazone groups is 1. The van der Waals surface area contributed by atoms with Gasteiger partial charge in [-0.25, -0.2) is 5.43 Å². The van der Waals surface area contributed by atoms with Gasteiger partial charge in [0, 0.05) is 10.6 Å². The van der Waals surface area contributed by atoms with E-state index in [2.05, 4.69) is 10.5 Å². The first kappa shape index (κ1) is 16.0. The van der Waals surface area contributed by atoms with Crippen molar-refractivity contribution < 1.29 is 9.53 Å². The van der Waals surface area contributed by atoms with Gasteiger partial charge in [-0.3, -0.25) is 4.79 Å². The van der Waals surface area contributed by atoms with Crippen LogP contribution in [0.3, 0.4) is 0 Å². The van der Waals surface area contributed by atoms with Gasteiger partial charge < -0.3 is 4.74 Å². The Hall–Kier alpha value is -2.33. The molecule has 4 nitrogen and oxygen atoms in total. The minimum atomic E-state index is -0.277. The van der Waals surface area contributed by atoms with Crippen LogP contribution in [0.4, 0.5) is 0 Å². The van der Waals surface area contributed by atoms with E-state index in [1.165, 1.54) is 0 Å². The summed E-state index contributed by atoms with van der Waals surface area (Å²) in [5, 5.41) is 4.58. The molecule has 0 fully saturated rings. The fraction of sp³-hybridized carbons (Fsp3) is 0.176. The van der Waals surface area contributed by atoms with Crippen molar-refractivity contribution in [1.82, 2.24) is 5.43 Å². The predicted molar refractivity (Wildman–Crippen MR) is 88.7 cm³/mol. The Morgan fingerprint density at radius 1 is 1.14 bits per heavy atom. The van der Waals surface area contributed by atoms with Crippen LogP contribution in [0.1, 0.15) is 29.8 Å². The third-order valence-electron chi connectivity index (χ3n) is 2.74. The molecule has 0 aliphatic carbocycles. The van der Waals surface area contributed by atoms with Crippen LogP contribution in [0.2, 0.25) is 5.02 Å². The lowest BCUT2D eigenvalue weighted by Crippen LogP contribution is -2.17. The number of rotatable bonds is 5. The molecule has 0 unspecified atom stereocenters. The number of nitrogens with one attached hydrogen (secondary N) is 1. The highest BCUT2D eigenvalue weighted by Gasteiger charge is 2.04. The van der Waals surface area contributed by atoms with E-state index >= 15 is 0 Å². The molecule has 22 heavy (non-hydrogen) atoms. The Balaban J connectivity index is 1.93. The van der Waals surface area contributed by atoms with E-state index in [1.54, 1.807) is 42.6 Å². The number of ether oxygens (including phenoxy) is 1. The Kier molecular flexibility index (Phi) is 5.55. The molecule has 0 saturated carbocycles. The quantitative estimate of drug-likeness (QED) is 0.672. The van der Waals surface area contributed by atoms with Gasteiger partial charge in [0.1, 0.15) is 5.75 Å². The average molecular weight is 317 g/mol. The van der Waals surface area contributed by atoms with Gasteiger partial charge in [-0.15, -0.1) is 0 Å². The van der Waals surface area contributed by atoms with E-state index < -0.39 is 0 Å². The number of nitrogens with zero attached hydrogens (tertiary/aromatic N) is 1. The Labute approximate surface area is 134 Å². The van der Waals surface area contributed by atoms with Crippen LogP contribution in [-0.4, -0.2) is 18.2 Å². The summed E-state index contributed by atoms with van der Waals surface area (Å²) >= 11 is 5.80. The van der Waals surface area contributed by atoms with Crippen LogP contribution in [0.15, 0.2) is 53.6 Å². The van der Waals surface area contributed by atoms with Crippen LogP contribution >= 0.6 is 11.6 Å². The average Bonchev–Trinajstić information content (AvgIpc) is 2.49. The number of carbonyl (C=O) groups is 1. The first-order chi connectivity index (χ1) is 10.5. The number of hydrogen-bond donors (Lipinski definition) is 1. The molecule has 114 valence electrons. The van der Waals surface area contributed by atoms with Gasteiger partial charge in [-0.2, -0.15) is 5.10 Å². The standard InChI is InChI=1S/C17H17ClN2O2/c1-12(2)22-16-9-5-14(6-10-16)17(21)20-19-11-13-3-7-15(18)8-4-13/h3-12H,1-2H3,(H,20,21)/b19-11-. The van der Waals surface area contributed by atoms with Crippen molar-refractivity contribution in [3.8, 4) is 5.75 Å². The zero-order chi connectivity index (χ0) is 15.9. The molecule has 0 spiro atoms. The van der Waals surface area contributed by atoms with E-state index in [9.17, 15) is 4.79 Å². The second-order valence-electron chi connectivity index (χ2n) is 4.94. The molecule has 0 radical (unpaired) electrons. The van der Waals surface area contributed by atoms with E-state index in [0.717, 1.165) is 11.3 Å². The molecular formula is C17H17ClN2O2. The number of benzene rings is 2. The maximum absolute atomic E-state index is 11.9. The predicted octanol–water partition coefficient (Wildman–Crippen LogP) is 3.89.